The number of amides is 2. The van der Waals surface area contributed by atoms with Crippen molar-refractivity contribution >= 4 is 12.2 Å². The molecular formula is C21H32N2O5. The van der Waals surface area contributed by atoms with Gasteiger partial charge in [-0.25, -0.2) is 9.59 Å². The molecule has 2 amide bonds. The minimum absolute atomic E-state index is 0.125. The van der Waals surface area contributed by atoms with Gasteiger partial charge in [-0.1, -0.05) is 30.3 Å². The fraction of sp³-hybridized carbons (Fsp3) is 0.619. The summed E-state index contributed by atoms with van der Waals surface area (Å²) in [5.74, 6) is 0.263. The van der Waals surface area contributed by atoms with E-state index >= 15 is 0 Å². The summed E-state index contributed by atoms with van der Waals surface area (Å²) in [6.45, 7) is 7.46. The topological polar surface area (TPSA) is 96.9 Å². The van der Waals surface area contributed by atoms with Gasteiger partial charge < -0.3 is 25.2 Å². The molecule has 7 nitrogen and oxygen atoms in total. The molecule has 1 fully saturated rings. The Morgan fingerprint density at radius 2 is 1.71 bits per heavy atom. The van der Waals surface area contributed by atoms with Gasteiger partial charge in [-0.05, 0) is 58.4 Å². The summed E-state index contributed by atoms with van der Waals surface area (Å²) in [5.41, 5.74) is -0.215. The van der Waals surface area contributed by atoms with Gasteiger partial charge in [0.1, 0.15) is 12.7 Å². The Labute approximate surface area is 166 Å². The van der Waals surface area contributed by atoms with Crippen molar-refractivity contribution in [1.82, 2.24) is 10.6 Å². The maximum atomic E-state index is 12.1. The Morgan fingerprint density at radius 3 is 2.29 bits per heavy atom. The number of carbonyl (C=O) groups excluding carboxylic acids is 2. The molecule has 0 radical (unpaired) electrons. The van der Waals surface area contributed by atoms with Gasteiger partial charge in [0.25, 0.3) is 0 Å². The number of nitrogens with one attached hydrogen (secondary N) is 2. The smallest absolute Gasteiger partial charge is 0.407 e. The van der Waals surface area contributed by atoms with Gasteiger partial charge in [-0.3, -0.25) is 0 Å². The van der Waals surface area contributed by atoms with Gasteiger partial charge in [-0.15, -0.1) is 0 Å². The monoisotopic (exact) mass is 392 g/mol. The number of benzene rings is 1. The van der Waals surface area contributed by atoms with Gasteiger partial charge in [0.2, 0.25) is 0 Å². The molecule has 0 saturated heterocycles. The van der Waals surface area contributed by atoms with Gasteiger partial charge >= 0.3 is 12.2 Å². The molecule has 0 bridgehead atoms. The van der Waals surface area contributed by atoms with Crippen LogP contribution < -0.4 is 10.6 Å². The van der Waals surface area contributed by atoms with Crippen molar-refractivity contribution in [3.05, 3.63) is 35.9 Å². The highest BCUT2D eigenvalue weighted by Crippen LogP contribution is 2.36. The maximum Gasteiger partial charge on any atom is 0.407 e. The molecule has 28 heavy (non-hydrogen) atoms. The third-order valence-electron chi connectivity index (χ3n) is 4.65. The standard InChI is InChI=1S/C21H32N2O5/c1-20(2,3)22-19(26)28-17-10-16(11-17)12-21(4,14-24)23-18(25)27-13-15-8-6-5-7-9-15/h5-9,16-17,24H,10-14H2,1-4H3,(H,22,26)(H,23,25)/t16?,17?,21-/m1/s1. The lowest BCUT2D eigenvalue weighted by Gasteiger charge is -2.40. The van der Waals surface area contributed by atoms with Crippen molar-refractivity contribution in [2.24, 2.45) is 5.92 Å². The van der Waals surface area contributed by atoms with Crippen molar-refractivity contribution in [3.63, 3.8) is 0 Å². The lowest BCUT2D eigenvalue weighted by molar-refractivity contribution is -0.00173. The molecule has 1 aliphatic carbocycles. The Bertz CT molecular complexity index is 653. The summed E-state index contributed by atoms with van der Waals surface area (Å²) in [7, 11) is 0. The number of hydrogen-bond acceptors (Lipinski definition) is 5. The number of alkyl carbamates (subject to hydrolysis) is 2. The second-order valence-electron chi connectivity index (χ2n) is 8.85. The van der Waals surface area contributed by atoms with Crippen LogP contribution in [0.4, 0.5) is 9.59 Å². The molecule has 3 N–H and O–H groups in total. The van der Waals surface area contributed by atoms with Crippen LogP contribution in [0.5, 0.6) is 0 Å². The number of ether oxygens (including phenoxy) is 2. The summed E-state index contributed by atoms with van der Waals surface area (Å²) in [5, 5.41) is 15.3. The molecule has 2 rings (SSSR count). The SMILES string of the molecule is CC(C)(C)NC(=O)OC1CC(C[C@](C)(CO)NC(=O)OCc2ccccc2)C1. The van der Waals surface area contributed by atoms with Gasteiger partial charge in [0, 0.05) is 5.54 Å². The van der Waals surface area contributed by atoms with Crippen LogP contribution in [0, 0.1) is 5.92 Å². The van der Waals surface area contributed by atoms with Crippen molar-refractivity contribution in [2.45, 2.75) is 70.7 Å². The first-order valence-electron chi connectivity index (χ1n) is 9.67. The van der Waals surface area contributed by atoms with Crippen LogP contribution in [0.2, 0.25) is 0 Å². The van der Waals surface area contributed by atoms with Crippen LogP contribution in [0.3, 0.4) is 0 Å². The van der Waals surface area contributed by atoms with Crippen LogP contribution in [0.25, 0.3) is 0 Å². The van der Waals surface area contributed by atoms with Gasteiger partial charge in [0.15, 0.2) is 0 Å². The molecular weight excluding hydrogens is 360 g/mol. The second kappa shape index (κ2) is 9.28. The van der Waals surface area contributed by atoms with E-state index in [-0.39, 0.29) is 30.8 Å². The van der Waals surface area contributed by atoms with Crippen molar-refractivity contribution < 1.29 is 24.2 Å². The third-order valence-corrected chi connectivity index (χ3v) is 4.65. The molecule has 1 atom stereocenters. The van der Waals surface area contributed by atoms with Crippen LogP contribution in [0.1, 0.15) is 52.5 Å². The maximum absolute atomic E-state index is 12.1. The zero-order chi connectivity index (χ0) is 20.8. The fourth-order valence-corrected chi connectivity index (χ4v) is 3.22. The van der Waals surface area contributed by atoms with E-state index in [2.05, 4.69) is 10.6 Å². The number of aliphatic hydroxyl groups excluding tert-OH is 1. The Hall–Kier alpha value is -2.28. The van der Waals surface area contributed by atoms with Gasteiger partial charge in [0.05, 0.1) is 12.1 Å². The summed E-state index contributed by atoms with van der Waals surface area (Å²) in [4.78, 5) is 23.9. The molecule has 0 aliphatic heterocycles. The molecule has 1 aromatic carbocycles. The zero-order valence-electron chi connectivity index (χ0n) is 17.2. The molecule has 1 aliphatic rings. The Morgan fingerprint density at radius 1 is 1.07 bits per heavy atom. The summed E-state index contributed by atoms with van der Waals surface area (Å²) in [6.07, 6.45) is 0.924. The Kier molecular flexibility index (Phi) is 7.29. The van der Waals surface area contributed by atoms with Crippen molar-refractivity contribution in [2.75, 3.05) is 6.61 Å². The molecule has 0 aromatic heterocycles. The van der Waals surface area contributed by atoms with E-state index < -0.39 is 17.7 Å². The number of carbonyl (C=O) groups is 2. The van der Waals surface area contributed by atoms with E-state index in [1.807, 2.05) is 51.1 Å². The molecule has 0 spiro atoms. The van der Waals surface area contributed by atoms with E-state index in [1.54, 1.807) is 6.92 Å². The van der Waals surface area contributed by atoms with Crippen LogP contribution in [0.15, 0.2) is 30.3 Å². The van der Waals surface area contributed by atoms with Crippen molar-refractivity contribution in [1.29, 1.82) is 0 Å². The van der Waals surface area contributed by atoms with E-state index in [9.17, 15) is 14.7 Å². The number of hydrogen-bond donors (Lipinski definition) is 3. The predicted molar refractivity (Wildman–Crippen MR) is 106 cm³/mol. The molecule has 1 saturated carbocycles. The average Bonchev–Trinajstić information content (AvgIpc) is 2.57. The van der Waals surface area contributed by atoms with Crippen molar-refractivity contribution in [3.8, 4) is 0 Å². The Balaban J connectivity index is 1.72. The zero-order valence-corrected chi connectivity index (χ0v) is 17.2. The molecule has 0 unspecified atom stereocenters. The van der Waals surface area contributed by atoms with E-state index in [4.69, 9.17) is 9.47 Å². The molecule has 1 aromatic rings. The molecule has 7 heteroatoms. The van der Waals surface area contributed by atoms with Crippen LogP contribution in [-0.2, 0) is 16.1 Å². The summed E-state index contributed by atoms with van der Waals surface area (Å²) < 4.78 is 10.6. The molecule has 156 valence electrons. The fourth-order valence-electron chi connectivity index (χ4n) is 3.22. The van der Waals surface area contributed by atoms with E-state index in [0.717, 1.165) is 5.56 Å². The number of aliphatic hydroxyl groups is 1. The second-order valence-corrected chi connectivity index (χ2v) is 8.85. The normalized spacial score (nSPS) is 21.0. The quantitative estimate of drug-likeness (QED) is 0.661. The first-order valence-corrected chi connectivity index (χ1v) is 9.67. The van der Waals surface area contributed by atoms with E-state index in [1.165, 1.54) is 0 Å². The summed E-state index contributed by atoms with van der Waals surface area (Å²) >= 11 is 0. The first kappa shape index (κ1) is 22.0. The highest BCUT2D eigenvalue weighted by Gasteiger charge is 2.38. The summed E-state index contributed by atoms with van der Waals surface area (Å²) in [6, 6.07) is 9.41. The predicted octanol–water partition coefficient (Wildman–Crippen LogP) is 3.36. The minimum atomic E-state index is -0.781. The van der Waals surface area contributed by atoms with E-state index in [0.29, 0.717) is 19.3 Å². The lowest BCUT2D eigenvalue weighted by atomic mass is 9.75. The van der Waals surface area contributed by atoms with Crippen LogP contribution >= 0.6 is 0 Å². The number of rotatable bonds is 7. The minimum Gasteiger partial charge on any atom is -0.446 e. The highest BCUT2D eigenvalue weighted by molar-refractivity contribution is 5.68. The first-order chi connectivity index (χ1) is 13.1. The lowest BCUT2D eigenvalue weighted by Crippen LogP contribution is -2.52. The molecule has 0 heterocycles. The van der Waals surface area contributed by atoms with Gasteiger partial charge in [-0.2, -0.15) is 0 Å². The van der Waals surface area contributed by atoms with Crippen LogP contribution in [-0.4, -0.2) is 41.1 Å². The largest absolute Gasteiger partial charge is 0.446 e. The average molecular weight is 392 g/mol. The highest BCUT2D eigenvalue weighted by atomic mass is 16.6. The third kappa shape index (κ3) is 7.38.